The highest BCUT2D eigenvalue weighted by molar-refractivity contribution is 7.90. The summed E-state index contributed by atoms with van der Waals surface area (Å²) in [7, 11) is -4.08. The number of halogens is 4. The van der Waals surface area contributed by atoms with Crippen molar-refractivity contribution in [3.63, 3.8) is 0 Å². The van der Waals surface area contributed by atoms with E-state index in [2.05, 4.69) is 15.6 Å². The van der Waals surface area contributed by atoms with Crippen molar-refractivity contribution >= 4 is 15.7 Å². The fraction of sp³-hybridized carbons (Fsp3) is 0.409. The maximum Gasteiger partial charge on any atom is 0.407 e. The van der Waals surface area contributed by atoms with E-state index in [-0.39, 0.29) is 0 Å². The van der Waals surface area contributed by atoms with E-state index in [1.165, 1.54) is 24.5 Å². The predicted octanol–water partition coefficient (Wildman–Crippen LogP) is 2.96. The fourth-order valence-corrected chi connectivity index (χ4v) is 5.16. The zero-order valence-corrected chi connectivity index (χ0v) is 18.7. The van der Waals surface area contributed by atoms with Gasteiger partial charge in [-0.25, -0.2) is 12.8 Å². The Bertz CT molecular complexity index is 1150. The summed E-state index contributed by atoms with van der Waals surface area (Å²) in [6, 6.07) is 4.15. The highest BCUT2D eigenvalue weighted by Crippen LogP contribution is 2.34. The number of hydrogen-bond donors (Lipinski definition) is 2. The van der Waals surface area contributed by atoms with Crippen LogP contribution in [0.25, 0.3) is 0 Å². The molecule has 1 aliphatic carbocycles. The van der Waals surface area contributed by atoms with Crippen LogP contribution in [0.15, 0.2) is 48.8 Å². The van der Waals surface area contributed by atoms with Gasteiger partial charge >= 0.3 is 6.18 Å². The van der Waals surface area contributed by atoms with E-state index >= 15 is 0 Å². The van der Waals surface area contributed by atoms with Crippen LogP contribution in [-0.2, 0) is 20.4 Å². The first-order valence-corrected chi connectivity index (χ1v) is 12.2. The van der Waals surface area contributed by atoms with E-state index in [1.807, 2.05) is 6.07 Å². The van der Waals surface area contributed by atoms with Crippen LogP contribution in [0.2, 0.25) is 0 Å². The molecule has 1 aromatic heterocycles. The first kappa shape index (κ1) is 25.6. The molecular weight excluding hydrogens is 476 g/mol. The van der Waals surface area contributed by atoms with E-state index < -0.39 is 62.4 Å². The molecule has 3 rings (SSSR count). The van der Waals surface area contributed by atoms with Gasteiger partial charge in [0.15, 0.2) is 9.84 Å². The molecule has 0 unspecified atom stereocenters. The van der Waals surface area contributed by atoms with Gasteiger partial charge in [0.2, 0.25) is 5.91 Å². The normalized spacial score (nSPS) is 17.1. The van der Waals surface area contributed by atoms with Crippen LogP contribution in [0, 0.1) is 17.1 Å². The van der Waals surface area contributed by atoms with Crippen LogP contribution >= 0.6 is 0 Å². The number of aromatic nitrogens is 1. The number of nitriles is 1. The molecule has 0 spiro atoms. The van der Waals surface area contributed by atoms with Gasteiger partial charge in [-0.05, 0) is 48.6 Å². The number of carbonyl (C=O) groups is 1. The van der Waals surface area contributed by atoms with Crippen molar-refractivity contribution in [3.8, 4) is 6.07 Å². The zero-order valence-electron chi connectivity index (χ0n) is 17.8. The molecule has 1 heterocycles. The molecule has 0 aliphatic heterocycles. The molecule has 2 N–H and O–H groups in total. The molecule has 182 valence electrons. The van der Waals surface area contributed by atoms with E-state index in [9.17, 15) is 36.0 Å². The molecule has 1 aromatic carbocycles. The molecular formula is C22H22F4N4O3S. The van der Waals surface area contributed by atoms with Gasteiger partial charge in [-0.3, -0.25) is 15.1 Å². The Kier molecular flexibility index (Phi) is 7.57. The highest BCUT2D eigenvalue weighted by atomic mass is 32.2. The monoisotopic (exact) mass is 498 g/mol. The minimum Gasteiger partial charge on any atom is -0.336 e. The van der Waals surface area contributed by atoms with Crippen LogP contribution < -0.4 is 10.6 Å². The van der Waals surface area contributed by atoms with E-state index in [0.717, 1.165) is 24.3 Å². The second-order valence-corrected chi connectivity index (χ2v) is 10.3. The number of pyridine rings is 1. The maximum atomic E-state index is 13.9. The third-order valence-electron chi connectivity index (χ3n) is 5.53. The first-order valence-electron chi connectivity index (χ1n) is 10.3. The molecule has 0 saturated heterocycles. The van der Waals surface area contributed by atoms with Gasteiger partial charge in [0.05, 0.1) is 17.6 Å². The van der Waals surface area contributed by atoms with Crippen LogP contribution in [0.1, 0.15) is 36.4 Å². The molecule has 2 atom stereocenters. The molecule has 12 heteroatoms. The van der Waals surface area contributed by atoms with Crippen molar-refractivity contribution in [2.75, 3.05) is 5.75 Å². The highest BCUT2D eigenvalue weighted by Gasteiger charge is 2.45. The number of nitrogens with one attached hydrogen (secondary N) is 2. The maximum absolute atomic E-state index is 13.9. The van der Waals surface area contributed by atoms with Crippen molar-refractivity contribution in [1.29, 1.82) is 5.26 Å². The summed E-state index contributed by atoms with van der Waals surface area (Å²) in [5, 5.41) is 13.9. The Morgan fingerprint density at radius 1 is 1.21 bits per heavy atom. The third-order valence-corrected chi connectivity index (χ3v) is 7.14. The van der Waals surface area contributed by atoms with Gasteiger partial charge < -0.3 is 5.32 Å². The van der Waals surface area contributed by atoms with Gasteiger partial charge in [-0.1, -0.05) is 18.2 Å². The van der Waals surface area contributed by atoms with Gasteiger partial charge in [0.1, 0.15) is 23.4 Å². The summed E-state index contributed by atoms with van der Waals surface area (Å²) in [6.45, 7) is 0. The molecule has 1 aliphatic rings. The van der Waals surface area contributed by atoms with Gasteiger partial charge in [0, 0.05) is 12.4 Å². The third kappa shape index (κ3) is 6.51. The summed E-state index contributed by atoms with van der Waals surface area (Å²) in [5.74, 6) is -3.28. The molecule has 0 bridgehead atoms. The smallest absolute Gasteiger partial charge is 0.336 e. The number of amides is 1. The van der Waals surface area contributed by atoms with Crippen LogP contribution in [-0.4, -0.2) is 42.8 Å². The van der Waals surface area contributed by atoms with Gasteiger partial charge in [-0.15, -0.1) is 0 Å². The summed E-state index contributed by atoms with van der Waals surface area (Å²) in [5.41, 5.74) is -1.33. The summed E-state index contributed by atoms with van der Waals surface area (Å²) in [6.07, 6.45) is -0.921. The lowest BCUT2D eigenvalue weighted by atomic mass is 9.78. The molecule has 1 amide bonds. The van der Waals surface area contributed by atoms with Crippen molar-refractivity contribution in [2.45, 2.75) is 48.8 Å². The van der Waals surface area contributed by atoms with Gasteiger partial charge in [0.25, 0.3) is 0 Å². The van der Waals surface area contributed by atoms with E-state index in [4.69, 9.17) is 0 Å². The Morgan fingerprint density at radius 2 is 1.88 bits per heavy atom. The van der Waals surface area contributed by atoms with Crippen molar-refractivity contribution in [2.24, 2.45) is 0 Å². The quantitative estimate of drug-likeness (QED) is 0.514. The molecule has 7 nitrogen and oxygen atoms in total. The van der Waals surface area contributed by atoms with Crippen LogP contribution in [0.5, 0.6) is 0 Å². The lowest BCUT2D eigenvalue weighted by Crippen LogP contribution is -2.59. The average molecular weight is 499 g/mol. The lowest BCUT2D eigenvalue weighted by molar-refractivity contribution is -0.160. The second kappa shape index (κ2) is 10.1. The Labute approximate surface area is 194 Å². The number of alkyl halides is 3. The minimum atomic E-state index is -4.92. The van der Waals surface area contributed by atoms with Crippen molar-refractivity contribution in [1.82, 2.24) is 15.6 Å². The molecule has 2 aromatic rings. The molecule has 0 radical (unpaired) electrons. The Morgan fingerprint density at radius 3 is 2.38 bits per heavy atom. The number of benzene rings is 1. The molecule has 1 saturated carbocycles. The number of sulfone groups is 1. The summed E-state index contributed by atoms with van der Waals surface area (Å²) < 4.78 is 80.5. The van der Waals surface area contributed by atoms with Crippen molar-refractivity contribution in [3.05, 3.63) is 65.7 Å². The second-order valence-electron chi connectivity index (χ2n) is 8.20. The summed E-state index contributed by atoms with van der Waals surface area (Å²) in [4.78, 5) is 16.8. The number of hydrogen-bond acceptors (Lipinski definition) is 6. The fourth-order valence-electron chi connectivity index (χ4n) is 3.60. The lowest BCUT2D eigenvalue weighted by Gasteiger charge is -2.37. The van der Waals surface area contributed by atoms with Crippen LogP contribution in [0.4, 0.5) is 17.6 Å². The van der Waals surface area contributed by atoms with Crippen LogP contribution in [0.3, 0.4) is 0 Å². The zero-order chi connectivity index (χ0) is 25.0. The molecule has 1 fully saturated rings. The number of nitrogens with zero attached hydrogens (tertiary/aromatic N) is 2. The SMILES string of the molecule is N#CC1(NC(=O)[C@H](CS(=O)(=O)Cc2cccnc2)N[C@@H](c2ccc(F)cc2)C(F)(F)F)CCC1. The Balaban J connectivity index is 1.90. The standard InChI is InChI=1S/C22H22F4N4O3S/c23-17-6-4-16(5-7-17)19(22(24,25)26)29-18(20(31)30-21(14-27)8-2-9-21)13-34(32,33)12-15-3-1-10-28-11-15/h1,3-7,10-11,18-19,29H,2,8-9,12-13H2,(H,30,31)/t18-,19-/m0/s1. The first-order chi connectivity index (χ1) is 15.9. The average Bonchev–Trinajstić information content (AvgIpc) is 2.74. The Hall–Kier alpha value is -3.04. The minimum absolute atomic E-state index is 0.306. The van der Waals surface area contributed by atoms with E-state index in [0.29, 0.717) is 24.8 Å². The molecule has 34 heavy (non-hydrogen) atoms. The topological polar surface area (TPSA) is 112 Å². The van der Waals surface area contributed by atoms with Crippen molar-refractivity contribution < 1.29 is 30.8 Å². The predicted molar refractivity (Wildman–Crippen MR) is 114 cm³/mol. The number of carbonyl (C=O) groups excluding carboxylic acids is 1. The summed E-state index contributed by atoms with van der Waals surface area (Å²) >= 11 is 0. The largest absolute Gasteiger partial charge is 0.407 e. The van der Waals surface area contributed by atoms with Gasteiger partial charge in [-0.2, -0.15) is 18.4 Å². The van der Waals surface area contributed by atoms with E-state index in [1.54, 1.807) is 0 Å². The number of rotatable bonds is 9.